The SMILES string of the molecule is CC1(Cn2c(N)nc3c(Cl)cccc32)CCCO1. The molecule has 5 heteroatoms. The van der Waals surface area contributed by atoms with Crippen LogP contribution in [0.2, 0.25) is 5.02 Å². The number of halogens is 1. The molecule has 1 saturated heterocycles. The van der Waals surface area contributed by atoms with Crippen molar-refractivity contribution in [2.24, 2.45) is 0 Å². The lowest BCUT2D eigenvalue weighted by atomic mass is 10.0. The number of rotatable bonds is 2. The molecule has 1 aliphatic rings. The first-order valence-electron chi connectivity index (χ1n) is 6.13. The van der Waals surface area contributed by atoms with Crippen LogP contribution in [0.1, 0.15) is 19.8 Å². The molecule has 2 heterocycles. The Balaban J connectivity index is 2.06. The molecule has 0 bridgehead atoms. The average molecular weight is 266 g/mol. The maximum absolute atomic E-state index is 6.13. The van der Waals surface area contributed by atoms with E-state index in [1.807, 2.05) is 22.8 Å². The Morgan fingerprint density at radius 1 is 1.56 bits per heavy atom. The molecule has 0 amide bonds. The fourth-order valence-corrected chi connectivity index (χ4v) is 2.80. The van der Waals surface area contributed by atoms with E-state index in [1.165, 1.54) is 0 Å². The highest BCUT2D eigenvalue weighted by atomic mass is 35.5. The monoisotopic (exact) mass is 265 g/mol. The van der Waals surface area contributed by atoms with Crippen molar-refractivity contribution in [3.8, 4) is 0 Å². The molecule has 0 spiro atoms. The van der Waals surface area contributed by atoms with Gasteiger partial charge in [-0.05, 0) is 31.9 Å². The van der Waals surface area contributed by atoms with E-state index in [2.05, 4.69) is 11.9 Å². The van der Waals surface area contributed by atoms with Gasteiger partial charge in [-0.2, -0.15) is 0 Å². The molecule has 1 aromatic heterocycles. The van der Waals surface area contributed by atoms with Crippen LogP contribution in [-0.4, -0.2) is 21.8 Å². The molecule has 1 aromatic carbocycles. The van der Waals surface area contributed by atoms with Crippen molar-refractivity contribution in [2.45, 2.75) is 31.9 Å². The number of aromatic nitrogens is 2. The maximum Gasteiger partial charge on any atom is 0.201 e. The van der Waals surface area contributed by atoms with Gasteiger partial charge >= 0.3 is 0 Å². The number of anilines is 1. The van der Waals surface area contributed by atoms with E-state index in [0.29, 0.717) is 11.0 Å². The summed E-state index contributed by atoms with van der Waals surface area (Å²) in [5.41, 5.74) is 7.58. The summed E-state index contributed by atoms with van der Waals surface area (Å²) in [6.45, 7) is 3.66. The smallest absolute Gasteiger partial charge is 0.201 e. The van der Waals surface area contributed by atoms with E-state index in [4.69, 9.17) is 22.1 Å². The van der Waals surface area contributed by atoms with Crippen LogP contribution >= 0.6 is 11.6 Å². The lowest BCUT2D eigenvalue weighted by molar-refractivity contribution is 0.00750. The lowest BCUT2D eigenvalue weighted by Crippen LogP contribution is -2.30. The largest absolute Gasteiger partial charge is 0.373 e. The van der Waals surface area contributed by atoms with Crippen molar-refractivity contribution in [1.82, 2.24) is 9.55 Å². The number of benzene rings is 1. The Hall–Kier alpha value is -1.26. The molecule has 0 radical (unpaired) electrons. The third-order valence-electron chi connectivity index (χ3n) is 3.55. The van der Waals surface area contributed by atoms with Crippen molar-refractivity contribution in [3.63, 3.8) is 0 Å². The fraction of sp³-hybridized carbons (Fsp3) is 0.462. The van der Waals surface area contributed by atoms with Crippen LogP contribution in [0.25, 0.3) is 11.0 Å². The van der Waals surface area contributed by atoms with E-state index in [1.54, 1.807) is 0 Å². The van der Waals surface area contributed by atoms with Gasteiger partial charge in [0, 0.05) is 6.61 Å². The number of hydrogen-bond acceptors (Lipinski definition) is 3. The normalized spacial score (nSPS) is 23.9. The highest BCUT2D eigenvalue weighted by Crippen LogP contribution is 2.31. The molecule has 3 rings (SSSR count). The molecule has 4 nitrogen and oxygen atoms in total. The first-order valence-corrected chi connectivity index (χ1v) is 6.51. The zero-order valence-corrected chi connectivity index (χ0v) is 11.1. The molecule has 2 N–H and O–H groups in total. The van der Waals surface area contributed by atoms with E-state index in [0.717, 1.165) is 37.0 Å². The number of fused-ring (bicyclic) bond motifs is 1. The summed E-state index contributed by atoms with van der Waals surface area (Å²) in [7, 11) is 0. The van der Waals surface area contributed by atoms with Crippen LogP contribution in [0.15, 0.2) is 18.2 Å². The van der Waals surface area contributed by atoms with E-state index in [-0.39, 0.29) is 5.60 Å². The molecular formula is C13H16ClN3O. The van der Waals surface area contributed by atoms with Gasteiger partial charge in [0.1, 0.15) is 5.52 Å². The van der Waals surface area contributed by atoms with Crippen LogP contribution in [-0.2, 0) is 11.3 Å². The quantitative estimate of drug-likeness (QED) is 0.908. The topological polar surface area (TPSA) is 53.1 Å². The van der Waals surface area contributed by atoms with Gasteiger partial charge in [0.25, 0.3) is 0 Å². The third kappa shape index (κ3) is 1.85. The molecule has 0 aliphatic carbocycles. The van der Waals surface area contributed by atoms with Gasteiger partial charge in [-0.3, -0.25) is 0 Å². The lowest BCUT2D eigenvalue weighted by Gasteiger charge is -2.24. The van der Waals surface area contributed by atoms with Crippen molar-refractivity contribution >= 4 is 28.6 Å². The van der Waals surface area contributed by atoms with Crippen LogP contribution in [0.4, 0.5) is 5.95 Å². The fourth-order valence-electron chi connectivity index (χ4n) is 2.59. The predicted molar refractivity (Wildman–Crippen MR) is 72.7 cm³/mol. The standard InChI is InChI=1S/C13H16ClN3O/c1-13(6-3-7-18-13)8-17-10-5-2-4-9(14)11(10)16-12(17)15/h2,4-5H,3,6-8H2,1H3,(H2,15,16). The molecule has 1 aliphatic heterocycles. The number of nitrogens with two attached hydrogens (primary N) is 1. The molecule has 2 aromatic rings. The number of imidazole rings is 1. The summed E-state index contributed by atoms with van der Waals surface area (Å²) in [4.78, 5) is 4.34. The molecule has 18 heavy (non-hydrogen) atoms. The first-order chi connectivity index (χ1) is 8.59. The van der Waals surface area contributed by atoms with Crippen LogP contribution in [0, 0.1) is 0 Å². The summed E-state index contributed by atoms with van der Waals surface area (Å²) >= 11 is 6.13. The number of ether oxygens (including phenoxy) is 1. The zero-order valence-electron chi connectivity index (χ0n) is 10.3. The summed E-state index contributed by atoms with van der Waals surface area (Å²) in [6.07, 6.45) is 2.15. The van der Waals surface area contributed by atoms with Crippen molar-refractivity contribution in [3.05, 3.63) is 23.2 Å². The number of para-hydroxylation sites is 1. The van der Waals surface area contributed by atoms with Crippen LogP contribution in [0.5, 0.6) is 0 Å². The summed E-state index contributed by atoms with van der Waals surface area (Å²) in [6, 6.07) is 5.73. The Labute approximate surface area is 111 Å². The van der Waals surface area contributed by atoms with Crippen molar-refractivity contribution in [2.75, 3.05) is 12.3 Å². The maximum atomic E-state index is 6.13. The molecule has 1 unspecified atom stereocenters. The van der Waals surface area contributed by atoms with Crippen molar-refractivity contribution < 1.29 is 4.74 Å². The summed E-state index contributed by atoms with van der Waals surface area (Å²) in [5, 5.41) is 0.635. The molecular weight excluding hydrogens is 250 g/mol. The molecule has 1 fully saturated rings. The molecule has 1 atom stereocenters. The Morgan fingerprint density at radius 3 is 3.11 bits per heavy atom. The average Bonchev–Trinajstić information content (AvgIpc) is 2.88. The van der Waals surface area contributed by atoms with Gasteiger partial charge in [-0.15, -0.1) is 0 Å². The first kappa shape index (κ1) is 11.8. The summed E-state index contributed by atoms with van der Waals surface area (Å²) < 4.78 is 7.80. The Kier molecular flexibility index (Phi) is 2.72. The van der Waals surface area contributed by atoms with Crippen molar-refractivity contribution in [1.29, 1.82) is 0 Å². The molecule has 96 valence electrons. The highest BCUT2D eigenvalue weighted by Gasteiger charge is 2.31. The van der Waals surface area contributed by atoms with Gasteiger partial charge in [0.05, 0.1) is 22.7 Å². The predicted octanol–water partition coefficient (Wildman–Crippen LogP) is 2.84. The number of hydrogen-bond donors (Lipinski definition) is 1. The Bertz CT molecular complexity index is 587. The minimum absolute atomic E-state index is 0.149. The highest BCUT2D eigenvalue weighted by molar-refractivity contribution is 6.35. The summed E-state index contributed by atoms with van der Waals surface area (Å²) in [5.74, 6) is 0.495. The van der Waals surface area contributed by atoms with Crippen LogP contribution in [0.3, 0.4) is 0 Å². The van der Waals surface area contributed by atoms with Gasteiger partial charge in [0.2, 0.25) is 5.95 Å². The minimum Gasteiger partial charge on any atom is -0.373 e. The minimum atomic E-state index is -0.149. The number of nitrogens with zero attached hydrogens (tertiary/aromatic N) is 2. The van der Waals surface area contributed by atoms with E-state index < -0.39 is 0 Å². The van der Waals surface area contributed by atoms with E-state index in [9.17, 15) is 0 Å². The van der Waals surface area contributed by atoms with Gasteiger partial charge in [-0.25, -0.2) is 4.98 Å². The van der Waals surface area contributed by atoms with Crippen LogP contribution < -0.4 is 5.73 Å². The molecule has 0 saturated carbocycles. The van der Waals surface area contributed by atoms with Gasteiger partial charge in [-0.1, -0.05) is 17.7 Å². The van der Waals surface area contributed by atoms with Gasteiger partial charge < -0.3 is 15.0 Å². The second kappa shape index (κ2) is 4.14. The second-order valence-electron chi connectivity index (χ2n) is 5.07. The van der Waals surface area contributed by atoms with E-state index >= 15 is 0 Å². The third-order valence-corrected chi connectivity index (χ3v) is 3.86. The van der Waals surface area contributed by atoms with Gasteiger partial charge in [0.15, 0.2) is 0 Å². The zero-order chi connectivity index (χ0) is 12.8. The second-order valence-corrected chi connectivity index (χ2v) is 5.47. The number of nitrogen functional groups attached to an aromatic ring is 1. The Morgan fingerprint density at radius 2 is 2.39 bits per heavy atom.